The molecule has 0 atom stereocenters. The summed E-state index contributed by atoms with van der Waals surface area (Å²) in [5.74, 6) is 0.791. The standard InChI is InChI=1S/C13H21N3OS.HI/c1-4-6-14-13(15-7-8-17-3)16-10-12-11(2)5-9-18-12;/h4-5,9H,1,6-8,10H2,2-3H3,(H2,14,15,16);1H. The molecule has 0 aliphatic heterocycles. The summed E-state index contributed by atoms with van der Waals surface area (Å²) in [6.07, 6.45) is 1.81. The summed E-state index contributed by atoms with van der Waals surface area (Å²) in [5, 5.41) is 8.48. The number of methoxy groups -OCH3 is 1. The third kappa shape index (κ3) is 7.54. The molecule has 19 heavy (non-hydrogen) atoms. The molecule has 108 valence electrons. The van der Waals surface area contributed by atoms with Crippen molar-refractivity contribution in [3.63, 3.8) is 0 Å². The zero-order chi connectivity index (χ0) is 13.2. The van der Waals surface area contributed by atoms with Crippen molar-refractivity contribution in [1.82, 2.24) is 10.6 Å². The Kier molecular flexibility index (Phi) is 10.9. The van der Waals surface area contributed by atoms with Gasteiger partial charge in [0.2, 0.25) is 0 Å². The zero-order valence-electron chi connectivity index (χ0n) is 11.4. The first kappa shape index (κ1) is 18.4. The van der Waals surface area contributed by atoms with E-state index in [0.29, 0.717) is 19.7 Å². The highest BCUT2D eigenvalue weighted by atomic mass is 127. The number of aliphatic imine (C=N–C) groups is 1. The molecule has 0 saturated heterocycles. The van der Waals surface area contributed by atoms with E-state index < -0.39 is 0 Å². The fourth-order valence-electron chi connectivity index (χ4n) is 1.33. The van der Waals surface area contributed by atoms with Crippen molar-refractivity contribution in [2.75, 3.05) is 26.8 Å². The highest BCUT2D eigenvalue weighted by Gasteiger charge is 2.00. The maximum Gasteiger partial charge on any atom is 0.191 e. The van der Waals surface area contributed by atoms with Crippen LogP contribution in [0.3, 0.4) is 0 Å². The van der Waals surface area contributed by atoms with Gasteiger partial charge in [-0.25, -0.2) is 4.99 Å². The highest BCUT2D eigenvalue weighted by molar-refractivity contribution is 14.0. The maximum absolute atomic E-state index is 5.00. The van der Waals surface area contributed by atoms with Gasteiger partial charge in [-0.15, -0.1) is 41.9 Å². The molecule has 4 nitrogen and oxygen atoms in total. The minimum Gasteiger partial charge on any atom is -0.383 e. The minimum atomic E-state index is 0. The van der Waals surface area contributed by atoms with E-state index in [1.807, 2.05) is 6.08 Å². The lowest BCUT2D eigenvalue weighted by atomic mass is 10.3. The number of rotatable bonds is 7. The molecule has 0 aliphatic rings. The molecule has 1 heterocycles. The molecule has 0 aromatic carbocycles. The second-order valence-corrected chi connectivity index (χ2v) is 4.78. The monoisotopic (exact) mass is 395 g/mol. The van der Waals surface area contributed by atoms with Crippen LogP contribution >= 0.6 is 35.3 Å². The SMILES string of the molecule is C=CCNC(=NCc1sccc1C)NCCOC.I. The van der Waals surface area contributed by atoms with Crippen molar-refractivity contribution in [2.45, 2.75) is 13.5 Å². The van der Waals surface area contributed by atoms with Gasteiger partial charge in [-0.1, -0.05) is 6.08 Å². The van der Waals surface area contributed by atoms with Gasteiger partial charge in [-0.2, -0.15) is 0 Å². The average molecular weight is 395 g/mol. The number of halogens is 1. The van der Waals surface area contributed by atoms with Gasteiger partial charge in [0, 0.05) is 25.1 Å². The first-order valence-electron chi connectivity index (χ1n) is 5.93. The molecule has 0 fully saturated rings. The Morgan fingerprint density at radius 2 is 2.32 bits per heavy atom. The summed E-state index contributed by atoms with van der Waals surface area (Å²) in [4.78, 5) is 5.83. The van der Waals surface area contributed by atoms with E-state index in [4.69, 9.17) is 4.74 Å². The van der Waals surface area contributed by atoms with E-state index in [9.17, 15) is 0 Å². The van der Waals surface area contributed by atoms with Gasteiger partial charge in [0.15, 0.2) is 5.96 Å². The Morgan fingerprint density at radius 3 is 2.89 bits per heavy atom. The first-order valence-corrected chi connectivity index (χ1v) is 6.81. The Hall–Kier alpha value is -0.600. The predicted molar refractivity (Wildman–Crippen MR) is 93.7 cm³/mol. The molecule has 2 N–H and O–H groups in total. The fourth-order valence-corrected chi connectivity index (χ4v) is 2.16. The van der Waals surface area contributed by atoms with Crippen LogP contribution in [0.4, 0.5) is 0 Å². The van der Waals surface area contributed by atoms with Crippen LogP contribution in [0.5, 0.6) is 0 Å². The van der Waals surface area contributed by atoms with Gasteiger partial charge < -0.3 is 15.4 Å². The molecule has 0 bridgehead atoms. The van der Waals surface area contributed by atoms with Gasteiger partial charge in [0.1, 0.15) is 0 Å². The molecule has 0 spiro atoms. The normalized spacial score (nSPS) is 10.7. The number of nitrogens with one attached hydrogen (secondary N) is 2. The molecule has 1 rings (SSSR count). The number of hydrogen-bond donors (Lipinski definition) is 2. The number of guanidine groups is 1. The molecule has 0 radical (unpaired) electrons. The largest absolute Gasteiger partial charge is 0.383 e. The molecule has 1 aromatic heterocycles. The molecular weight excluding hydrogens is 373 g/mol. The molecule has 0 amide bonds. The summed E-state index contributed by atoms with van der Waals surface area (Å²) < 4.78 is 5.00. The summed E-state index contributed by atoms with van der Waals surface area (Å²) in [6.45, 7) is 8.59. The van der Waals surface area contributed by atoms with E-state index in [1.54, 1.807) is 18.4 Å². The van der Waals surface area contributed by atoms with Gasteiger partial charge in [-0.3, -0.25) is 0 Å². The Balaban J connectivity index is 0.00000324. The topological polar surface area (TPSA) is 45.7 Å². The van der Waals surface area contributed by atoms with Gasteiger partial charge >= 0.3 is 0 Å². The smallest absolute Gasteiger partial charge is 0.191 e. The second kappa shape index (κ2) is 11.2. The van der Waals surface area contributed by atoms with Gasteiger partial charge in [0.05, 0.1) is 13.2 Å². The van der Waals surface area contributed by atoms with Crippen LogP contribution in [0.1, 0.15) is 10.4 Å². The molecule has 0 unspecified atom stereocenters. The lowest BCUT2D eigenvalue weighted by Gasteiger charge is -2.10. The molecule has 0 saturated carbocycles. The van der Waals surface area contributed by atoms with Crippen molar-refractivity contribution in [2.24, 2.45) is 4.99 Å². The van der Waals surface area contributed by atoms with E-state index in [2.05, 4.69) is 40.6 Å². The fraction of sp³-hybridized carbons (Fsp3) is 0.462. The number of hydrogen-bond acceptors (Lipinski definition) is 3. The lowest BCUT2D eigenvalue weighted by Crippen LogP contribution is -2.39. The van der Waals surface area contributed by atoms with Crippen molar-refractivity contribution in [3.05, 3.63) is 34.5 Å². The van der Waals surface area contributed by atoms with Crippen LogP contribution < -0.4 is 10.6 Å². The Bertz CT molecular complexity index is 393. The number of ether oxygens (including phenoxy) is 1. The van der Waals surface area contributed by atoms with E-state index in [0.717, 1.165) is 12.5 Å². The first-order chi connectivity index (χ1) is 8.77. The van der Waals surface area contributed by atoms with Crippen molar-refractivity contribution >= 4 is 41.3 Å². The number of thiophene rings is 1. The summed E-state index contributed by atoms with van der Waals surface area (Å²) >= 11 is 1.74. The van der Waals surface area contributed by atoms with Gasteiger partial charge in [-0.05, 0) is 23.9 Å². The lowest BCUT2D eigenvalue weighted by molar-refractivity contribution is 0.203. The van der Waals surface area contributed by atoms with Crippen molar-refractivity contribution in [3.8, 4) is 0 Å². The zero-order valence-corrected chi connectivity index (χ0v) is 14.6. The van der Waals surface area contributed by atoms with Crippen LogP contribution in [0, 0.1) is 6.92 Å². The van der Waals surface area contributed by atoms with Crippen LogP contribution in [0.15, 0.2) is 29.1 Å². The minimum absolute atomic E-state index is 0. The second-order valence-electron chi connectivity index (χ2n) is 3.78. The van der Waals surface area contributed by atoms with Gasteiger partial charge in [0.25, 0.3) is 0 Å². The quantitative estimate of drug-likeness (QED) is 0.245. The third-order valence-corrected chi connectivity index (χ3v) is 3.37. The summed E-state index contributed by atoms with van der Waals surface area (Å²) in [7, 11) is 1.69. The summed E-state index contributed by atoms with van der Waals surface area (Å²) in [6, 6.07) is 2.12. The molecule has 6 heteroatoms. The van der Waals surface area contributed by atoms with E-state index in [1.165, 1.54) is 10.4 Å². The molecular formula is C13H22IN3OS. The third-order valence-electron chi connectivity index (χ3n) is 2.36. The van der Waals surface area contributed by atoms with Crippen LogP contribution in [-0.2, 0) is 11.3 Å². The van der Waals surface area contributed by atoms with E-state index >= 15 is 0 Å². The highest BCUT2D eigenvalue weighted by Crippen LogP contribution is 2.16. The molecule has 1 aromatic rings. The van der Waals surface area contributed by atoms with Crippen LogP contribution in [0.2, 0.25) is 0 Å². The van der Waals surface area contributed by atoms with Crippen LogP contribution in [0.25, 0.3) is 0 Å². The number of aryl methyl sites for hydroxylation is 1. The van der Waals surface area contributed by atoms with Crippen LogP contribution in [-0.4, -0.2) is 32.8 Å². The average Bonchev–Trinajstić information content (AvgIpc) is 2.78. The van der Waals surface area contributed by atoms with Crippen molar-refractivity contribution in [1.29, 1.82) is 0 Å². The number of nitrogens with zero attached hydrogens (tertiary/aromatic N) is 1. The Labute approximate surface area is 136 Å². The maximum atomic E-state index is 5.00. The van der Waals surface area contributed by atoms with E-state index in [-0.39, 0.29) is 24.0 Å². The molecule has 0 aliphatic carbocycles. The summed E-state index contributed by atoms with van der Waals surface area (Å²) in [5.41, 5.74) is 1.30. The Morgan fingerprint density at radius 1 is 1.53 bits per heavy atom. The predicted octanol–water partition coefficient (Wildman–Crippen LogP) is 2.54. The van der Waals surface area contributed by atoms with Crippen molar-refractivity contribution < 1.29 is 4.74 Å².